The van der Waals surface area contributed by atoms with Gasteiger partial charge in [-0.1, -0.05) is 0 Å². The van der Waals surface area contributed by atoms with Crippen LogP contribution in [0.2, 0.25) is 0 Å². The van der Waals surface area contributed by atoms with Gasteiger partial charge in [0, 0.05) is 31.6 Å². The Balaban J connectivity index is 2.20. The molecule has 0 bridgehead atoms. The standard InChI is InChI=1S/C16H24N2O4/c1-18(15(19)8-11-6-5-7-17-11)12-9-13(20-2)16(22-4)14(10-12)21-3/h9-11,17H,5-8H2,1-4H3. The third-order valence-electron chi connectivity index (χ3n) is 3.99. The van der Waals surface area contributed by atoms with E-state index in [0.717, 1.165) is 25.1 Å². The van der Waals surface area contributed by atoms with Crippen molar-refractivity contribution in [2.24, 2.45) is 0 Å². The molecule has 1 aromatic rings. The van der Waals surface area contributed by atoms with Gasteiger partial charge in [0.15, 0.2) is 11.5 Å². The van der Waals surface area contributed by atoms with Crippen molar-refractivity contribution in [3.05, 3.63) is 12.1 Å². The number of hydrogen-bond acceptors (Lipinski definition) is 5. The molecular weight excluding hydrogens is 284 g/mol. The highest BCUT2D eigenvalue weighted by molar-refractivity contribution is 5.94. The Labute approximate surface area is 131 Å². The van der Waals surface area contributed by atoms with E-state index in [9.17, 15) is 4.79 Å². The number of nitrogens with one attached hydrogen (secondary N) is 1. The first-order chi connectivity index (χ1) is 10.6. The highest BCUT2D eigenvalue weighted by Gasteiger charge is 2.22. The molecule has 0 spiro atoms. The molecule has 6 nitrogen and oxygen atoms in total. The van der Waals surface area contributed by atoms with Crippen molar-refractivity contribution in [3.63, 3.8) is 0 Å². The molecule has 1 fully saturated rings. The van der Waals surface area contributed by atoms with E-state index in [1.165, 1.54) is 0 Å². The van der Waals surface area contributed by atoms with Gasteiger partial charge in [0.2, 0.25) is 11.7 Å². The van der Waals surface area contributed by atoms with E-state index in [0.29, 0.717) is 23.7 Å². The fourth-order valence-corrected chi connectivity index (χ4v) is 2.68. The number of ether oxygens (including phenoxy) is 3. The van der Waals surface area contributed by atoms with Crippen LogP contribution in [0.1, 0.15) is 19.3 Å². The van der Waals surface area contributed by atoms with Crippen LogP contribution in [0.25, 0.3) is 0 Å². The Morgan fingerprint density at radius 2 is 1.86 bits per heavy atom. The van der Waals surface area contributed by atoms with Crippen LogP contribution < -0.4 is 24.4 Å². The van der Waals surface area contributed by atoms with Gasteiger partial charge in [-0.25, -0.2) is 0 Å². The van der Waals surface area contributed by atoms with Crippen LogP contribution in [-0.2, 0) is 4.79 Å². The molecule has 122 valence electrons. The van der Waals surface area contributed by atoms with Crippen molar-refractivity contribution in [2.45, 2.75) is 25.3 Å². The first-order valence-electron chi connectivity index (χ1n) is 7.40. The first kappa shape index (κ1) is 16.4. The Kier molecular flexibility index (Phi) is 5.49. The van der Waals surface area contributed by atoms with Crippen molar-refractivity contribution in [2.75, 3.05) is 39.8 Å². The summed E-state index contributed by atoms with van der Waals surface area (Å²) in [4.78, 5) is 14.1. The van der Waals surface area contributed by atoms with E-state index >= 15 is 0 Å². The predicted octanol–water partition coefficient (Wildman–Crippen LogP) is 1.82. The summed E-state index contributed by atoms with van der Waals surface area (Å²) < 4.78 is 16.0. The van der Waals surface area contributed by atoms with Crippen LogP contribution in [0.3, 0.4) is 0 Å². The maximum absolute atomic E-state index is 12.4. The number of hydrogen-bond donors (Lipinski definition) is 1. The van der Waals surface area contributed by atoms with E-state index in [4.69, 9.17) is 14.2 Å². The molecule has 6 heteroatoms. The number of methoxy groups -OCH3 is 3. The lowest BCUT2D eigenvalue weighted by molar-refractivity contribution is -0.118. The smallest absolute Gasteiger partial charge is 0.228 e. The van der Waals surface area contributed by atoms with Gasteiger partial charge in [-0.3, -0.25) is 4.79 Å². The second-order valence-corrected chi connectivity index (χ2v) is 5.33. The summed E-state index contributed by atoms with van der Waals surface area (Å²) in [6, 6.07) is 3.83. The Hall–Kier alpha value is -1.95. The molecule has 1 saturated heterocycles. The molecule has 1 unspecified atom stereocenters. The summed E-state index contributed by atoms with van der Waals surface area (Å²) in [5.41, 5.74) is 0.720. The largest absolute Gasteiger partial charge is 0.493 e. The van der Waals surface area contributed by atoms with Crippen molar-refractivity contribution < 1.29 is 19.0 Å². The van der Waals surface area contributed by atoms with E-state index < -0.39 is 0 Å². The fraction of sp³-hybridized carbons (Fsp3) is 0.562. The molecule has 1 aliphatic rings. The highest BCUT2D eigenvalue weighted by atomic mass is 16.5. The van der Waals surface area contributed by atoms with Crippen molar-refractivity contribution in [1.29, 1.82) is 0 Å². The minimum atomic E-state index is 0.0636. The maximum Gasteiger partial charge on any atom is 0.228 e. The van der Waals surface area contributed by atoms with Gasteiger partial charge < -0.3 is 24.4 Å². The topological polar surface area (TPSA) is 60.0 Å². The molecule has 1 amide bonds. The zero-order valence-electron chi connectivity index (χ0n) is 13.6. The molecule has 1 N–H and O–H groups in total. The SMILES string of the molecule is COc1cc(N(C)C(=O)CC2CCCN2)cc(OC)c1OC. The van der Waals surface area contributed by atoms with Gasteiger partial charge >= 0.3 is 0 Å². The molecule has 0 aromatic heterocycles. The van der Waals surface area contributed by atoms with Gasteiger partial charge in [-0.05, 0) is 19.4 Å². The van der Waals surface area contributed by atoms with Gasteiger partial charge in [0.1, 0.15) is 0 Å². The predicted molar refractivity (Wildman–Crippen MR) is 85.1 cm³/mol. The molecule has 0 saturated carbocycles. The number of anilines is 1. The normalized spacial score (nSPS) is 17.2. The Bertz CT molecular complexity index is 502. The monoisotopic (exact) mass is 308 g/mol. The zero-order valence-corrected chi connectivity index (χ0v) is 13.6. The van der Waals surface area contributed by atoms with Gasteiger partial charge in [0.05, 0.1) is 27.0 Å². The zero-order chi connectivity index (χ0) is 16.1. The summed E-state index contributed by atoms with van der Waals surface area (Å²) in [5.74, 6) is 1.66. The molecule has 1 heterocycles. The molecule has 22 heavy (non-hydrogen) atoms. The van der Waals surface area contributed by atoms with Crippen LogP contribution in [0.4, 0.5) is 5.69 Å². The maximum atomic E-state index is 12.4. The summed E-state index contributed by atoms with van der Waals surface area (Å²) in [5, 5.41) is 3.34. The average molecular weight is 308 g/mol. The number of carbonyl (C=O) groups is 1. The summed E-state index contributed by atoms with van der Waals surface area (Å²) >= 11 is 0. The summed E-state index contributed by atoms with van der Waals surface area (Å²) in [6.45, 7) is 0.992. The molecule has 1 aromatic carbocycles. The van der Waals surface area contributed by atoms with Crippen LogP contribution in [0.5, 0.6) is 17.2 Å². The number of amides is 1. The van der Waals surface area contributed by atoms with Crippen LogP contribution in [-0.4, -0.2) is 46.9 Å². The molecule has 2 rings (SSSR count). The second-order valence-electron chi connectivity index (χ2n) is 5.33. The van der Waals surface area contributed by atoms with Crippen LogP contribution >= 0.6 is 0 Å². The molecule has 0 radical (unpaired) electrons. The number of nitrogens with zero attached hydrogens (tertiary/aromatic N) is 1. The second kappa shape index (κ2) is 7.35. The van der Waals surface area contributed by atoms with Gasteiger partial charge in [-0.2, -0.15) is 0 Å². The summed E-state index contributed by atoms with van der Waals surface area (Å²) in [7, 11) is 6.44. The van der Waals surface area contributed by atoms with E-state index in [1.54, 1.807) is 45.4 Å². The lowest BCUT2D eigenvalue weighted by Crippen LogP contribution is -2.33. The van der Waals surface area contributed by atoms with E-state index in [-0.39, 0.29) is 11.9 Å². The first-order valence-corrected chi connectivity index (χ1v) is 7.40. The van der Waals surface area contributed by atoms with E-state index in [1.807, 2.05) is 0 Å². The summed E-state index contributed by atoms with van der Waals surface area (Å²) in [6.07, 6.45) is 2.67. The number of rotatable bonds is 6. The highest BCUT2D eigenvalue weighted by Crippen LogP contribution is 2.40. The van der Waals surface area contributed by atoms with Crippen molar-refractivity contribution >= 4 is 11.6 Å². The minimum Gasteiger partial charge on any atom is -0.493 e. The van der Waals surface area contributed by atoms with Gasteiger partial charge in [0.25, 0.3) is 0 Å². The third-order valence-corrected chi connectivity index (χ3v) is 3.99. The number of carbonyl (C=O) groups excluding carboxylic acids is 1. The van der Waals surface area contributed by atoms with Crippen molar-refractivity contribution in [1.82, 2.24) is 5.32 Å². The Morgan fingerprint density at radius 3 is 2.32 bits per heavy atom. The van der Waals surface area contributed by atoms with Crippen LogP contribution in [0, 0.1) is 0 Å². The molecule has 0 aliphatic carbocycles. The lowest BCUT2D eigenvalue weighted by atomic mass is 10.1. The molecular formula is C16H24N2O4. The average Bonchev–Trinajstić information content (AvgIpc) is 3.05. The Morgan fingerprint density at radius 1 is 1.23 bits per heavy atom. The quantitative estimate of drug-likeness (QED) is 0.868. The minimum absolute atomic E-state index is 0.0636. The van der Waals surface area contributed by atoms with Gasteiger partial charge in [-0.15, -0.1) is 0 Å². The van der Waals surface area contributed by atoms with Crippen molar-refractivity contribution in [3.8, 4) is 17.2 Å². The van der Waals surface area contributed by atoms with E-state index in [2.05, 4.69) is 5.32 Å². The lowest BCUT2D eigenvalue weighted by Gasteiger charge is -2.22. The van der Waals surface area contributed by atoms with Crippen LogP contribution in [0.15, 0.2) is 12.1 Å². The number of benzene rings is 1. The fourth-order valence-electron chi connectivity index (χ4n) is 2.68. The molecule has 1 aliphatic heterocycles. The third kappa shape index (κ3) is 3.44. The molecule has 1 atom stereocenters.